The maximum absolute atomic E-state index is 11.5. The number of rotatable bonds is 3. The number of aryl methyl sites for hydroxylation is 1. The van der Waals surface area contributed by atoms with Crippen molar-refractivity contribution in [3.8, 4) is 5.75 Å². The highest BCUT2D eigenvalue weighted by molar-refractivity contribution is 5.71. The van der Waals surface area contributed by atoms with Gasteiger partial charge in [-0.15, -0.1) is 0 Å². The molecule has 0 saturated heterocycles. The van der Waals surface area contributed by atoms with Crippen molar-refractivity contribution in [1.29, 1.82) is 0 Å². The van der Waals surface area contributed by atoms with E-state index in [1.54, 1.807) is 0 Å². The van der Waals surface area contributed by atoms with Gasteiger partial charge in [-0.25, -0.2) is 4.79 Å². The minimum atomic E-state index is -0.422. The highest BCUT2D eigenvalue weighted by Gasteiger charge is 2.15. The Hall–Kier alpha value is -1.55. The average Bonchev–Trinajstić information content (AvgIpc) is 2.37. The molecule has 0 heterocycles. The molecule has 92 valence electrons. The van der Waals surface area contributed by atoms with Crippen molar-refractivity contribution in [2.24, 2.45) is 5.73 Å². The van der Waals surface area contributed by atoms with Gasteiger partial charge in [-0.05, 0) is 42.9 Å². The molecule has 4 nitrogen and oxygen atoms in total. The summed E-state index contributed by atoms with van der Waals surface area (Å²) in [5.74, 6) is 0.691. The number of nitrogens with two attached hydrogens (primary N) is 1. The fraction of sp³-hybridized carbons (Fsp3) is 0.462. The molecule has 0 atom stereocenters. The molecular weight excluding hydrogens is 216 g/mol. The number of nitrogens with one attached hydrogen (secondary N) is 1. The van der Waals surface area contributed by atoms with Crippen molar-refractivity contribution < 1.29 is 9.53 Å². The molecule has 0 saturated carbocycles. The Labute approximate surface area is 101 Å². The van der Waals surface area contributed by atoms with Crippen LogP contribution in [0.15, 0.2) is 18.2 Å². The molecule has 3 N–H and O–H groups in total. The third-order valence-electron chi connectivity index (χ3n) is 2.97. The van der Waals surface area contributed by atoms with Gasteiger partial charge in [0.2, 0.25) is 0 Å². The van der Waals surface area contributed by atoms with Crippen molar-refractivity contribution in [3.63, 3.8) is 0 Å². The van der Waals surface area contributed by atoms with Crippen molar-refractivity contribution in [2.45, 2.75) is 25.7 Å². The van der Waals surface area contributed by atoms with E-state index in [1.165, 1.54) is 17.5 Å². The summed E-state index contributed by atoms with van der Waals surface area (Å²) in [5, 5.41) is 2.60. The van der Waals surface area contributed by atoms with E-state index in [0.717, 1.165) is 19.3 Å². The second-order valence-corrected chi connectivity index (χ2v) is 4.21. The summed E-state index contributed by atoms with van der Waals surface area (Å²) in [6, 6.07) is 5.90. The zero-order valence-corrected chi connectivity index (χ0v) is 9.87. The quantitative estimate of drug-likeness (QED) is 0.835. The Kier molecular flexibility index (Phi) is 3.98. The average molecular weight is 234 g/mol. The highest BCUT2D eigenvalue weighted by Crippen LogP contribution is 2.29. The molecule has 1 aromatic rings. The van der Waals surface area contributed by atoms with Crippen LogP contribution < -0.4 is 15.8 Å². The van der Waals surface area contributed by atoms with Gasteiger partial charge >= 0.3 is 6.09 Å². The SMILES string of the molecule is NCCNC(=O)Oc1cccc2c1CCCC2. The molecule has 0 aliphatic heterocycles. The standard InChI is InChI=1S/C13H18N2O2/c14-8-9-15-13(16)17-12-7-3-5-10-4-1-2-6-11(10)12/h3,5,7H,1-2,4,6,8-9,14H2,(H,15,16). The summed E-state index contributed by atoms with van der Waals surface area (Å²) >= 11 is 0. The van der Waals surface area contributed by atoms with E-state index >= 15 is 0 Å². The normalized spacial score (nSPS) is 13.9. The van der Waals surface area contributed by atoms with Gasteiger partial charge in [-0.2, -0.15) is 0 Å². The van der Waals surface area contributed by atoms with Crippen LogP contribution in [0.2, 0.25) is 0 Å². The Balaban J connectivity index is 2.08. The summed E-state index contributed by atoms with van der Waals surface area (Å²) in [7, 11) is 0. The third kappa shape index (κ3) is 2.97. The fourth-order valence-corrected chi connectivity index (χ4v) is 2.15. The van der Waals surface area contributed by atoms with Crippen LogP contribution in [0.3, 0.4) is 0 Å². The Bertz CT molecular complexity index is 404. The zero-order valence-electron chi connectivity index (χ0n) is 9.87. The predicted molar refractivity (Wildman–Crippen MR) is 66.2 cm³/mol. The lowest BCUT2D eigenvalue weighted by molar-refractivity contribution is 0.200. The fourth-order valence-electron chi connectivity index (χ4n) is 2.15. The van der Waals surface area contributed by atoms with Crippen molar-refractivity contribution >= 4 is 6.09 Å². The largest absolute Gasteiger partial charge is 0.412 e. The van der Waals surface area contributed by atoms with Crippen LogP contribution in [-0.4, -0.2) is 19.2 Å². The van der Waals surface area contributed by atoms with Gasteiger partial charge in [0, 0.05) is 13.1 Å². The molecule has 0 spiro atoms. The van der Waals surface area contributed by atoms with E-state index in [9.17, 15) is 4.79 Å². The number of benzene rings is 1. The molecule has 2 rings (SSSR count). The first kappa shape index (κ1) is 11.9. The van der Waals surface area contributed by atoms with Crippen LogP contribution in [0.5, 0.6) is 5.75 Å². The van der Waals surface area contributed by atoms with Crippen molar-refractivity contribution in [3.05, 3.63) is 29.3 Å². The summed E-state index contributed by atoms with van der Waals surface area (Å²) in [4.78, 5) is 11.5. The lowest BCUT2D eigenvalue weighted by Crippen LogP contribution is -2.31. The Morgan fingerprint density at radius 1 is 1.35 bits per heavy atom. The van der Waals surface area contributed by atoms with Gasteiger partial charge in [0.05, 0.1) is 0 Å². The minimum Gasteiger partial charge on any atom is -0.410 e. The predicted octanol–water partition coefficient (Wildman–Crippen LogP) is 1.61. The molecule has 1 aromatic carbocycles. The van der Waals surface area contributed by atoms with Gasteiger partial charge < -0.3 is 15.8 Å². The molecule has 0 unspecified atom stereocenters. The third-order valence-corrected chi connectivity index (χ3v) is 2.97. The Morgan fingerprint density at radius 3 is 3.00 bits per heavy atom. The van der Waals surface area contributed by atoms with Gasteiger partial charge in [0.25, 0.3) is 0 Å². The number of hydrogen-bond acceptors (Lipinski definition) is 3. The summed E-state index contributed by atoms with van der Waals surface area (Å²) in [5.41, 5.74) is 7.80. The maximum atomic E-state index is 11.5. The number of ether oxygens (including phenoxy) is 1. The van der Waals surface area contributed by atoms with Crippen molar-refractivity contribution in [2.75, 3.05) is 13.1 Å². The van der Waals surface area contributed by atoms with Gasteiger partial charge in [0.15, 0.2) is 0 Å². The van der Waals surface area contributed by atoms with Gasteiger partial charge in [-0.3, -0.25) is 0 Å². The highest BCUT2D eigenvalue weighted by atomic mass is 16.6. The topological polar surface area (TPSA) is 64.3 Å². The number of carbonyl (C=O) groups excluding carboxylic acids is 1. The van der Waals surface area contributed by atoms with E-state index in [2.05, 4.69) is 11.4 Å². The lowest BCUT2D eigenvalue weighted by atomic mass is 9.91. The first-order valence-corrected chi connectivity index (χ1v) is 6.08. The van der Waals surface area contributed by atoms with Crippen LogP contribution in [-0.2, 0) is 12.8 Å². The van der Waals surface area contributed by atoms with Crippen LogP contribution in [0.25, 0.3) is 0 Å². The molecule has 17 heavy (non-hydrogen) atoms. The molecule has 0 bridgehead atoms. The van der Waals surface area contributed by atoms with Crippen LogP contribution >= 0.6 is 0 Å². The molecule has 0 aromatic heterocycles. The van der Waals surface area contributed by atoms with Gasteiger partial charge in [0.1, 0.15) is 5.75 Å². The molecule has 0 fully saturated rings. The zero-order chi connectivity index (χ0) is 12.1. The smallest absolute Gasteiger partial charge is 0.410 e. The minimum absolute atomic E-state index is 0.419. The van der Waals surface area contributed by atoms with Crippen LogP contribution in [0.4, 0.5) is 4.79 Å². The van der Waals surface area contributed by atoms with Crippen molar-refractivity contribution in [1.82, 2.24) is 5.32 Å². The molecule has 1 aliphatic rings. The molecule has 4 heteroatoms. The maximum Gasteiger partial charge on any atom is 0.412 e. The molecule has 1 aliphatic carbocycles. The number of amides is 1. The van der Waals surface area contributed by atoms with E-state index in [1.807, 2.05) is 12.1 Å². The summed E-state index contributed by atoms with van der Waals surface area (Å²) in [6.45, 7) is 0.857. The van der Waals surface area contributed by atoms with E-state index in [0.29, 0.717) is 18.8 Å². The first-order chi connectivity index (χ1) is 8.31. The second kappa shape index (κ2) is 5.68. The first-order valence-electron chi connectivity index (χ1n) is 6.08. The van der Waals surface area contributed by atoms with E-state index in [-0.39, 0.29) is 0 Å². The van der Waals surface area contributed by atoms with Crippen LogP contribution in [0, 0.1) is 0 Å². The number of fused-ring (bicyclic) bond motifs is 1. The second-order valence-electron chi connectivity index (χ2n) is 4.21. The van der Waals surface area contributed by atoms with Gasteiger partial charge in [-0.1, -0.05) is 12.1 Å². The summed E-state index contributed by atoms with van der Waals surface area (Å²) < 4.78 is 5.31. The molecular formula is C13H18N2O2. The molecule has 1 amide bonds. The monoisotopic (exact) mass is 234 g/mol. The summed E-state index contributed by atoms with van der Waals surface area (Å²) in [6.07, 6.45) is 4.04. The number of carbonyl (C=O) groups is 1. The Morgan fingerprint density at radius 2 is 2.18 bits per heavy atom. The van der Waals surface area contributed by atoms with E-state index < -0.39 is 6.09 Å². The number of hydrogen-bond donors (Lipinski definition) is 2. The molecule has 0 radical (unpaired) electrons. The van der Waals surface area contributed by atoms with E-state index in [4.69, 9.17) is 10.5 Å². The van der Waals surface area contributed by atoms with Crippen LogP contribution in [0.1, 0.15) is 24.0 Å². The lowest BCUT2D eigenvalue weighted by Gasteiger charge is -2.18.